The van der Waals surface area contributed by atoms with Crippen molar-refractivity contribution in [3.05, 3.63) is 54.2 Å². The first-order chi connectivity index (χ1) is 13.6. The number of aromatic nitrogens is 3. The molecule has 144 valence electrons. The number of benzene rings is 1. The minimum atomic E-state index is -0.218. The number of amides is 2. The predicted octanol–water partition coefficient (Wildman–Crippen LogP) is 2.83. The van der Waals surface area contributed by atoms with Crippen LogP contribution in [0.3, 0.4) is 0 Å². The van der Waals surface area contributed by atoms with Crippen molar-refractivity contribution in [1.29, 1.82) is 0 Å². The number of carbonyl (C=O) groups excluding carboxylic acids is 2. The van der Waals surface area contributed by atoms with Gasteiger partial charge < -0.3 is 9.88 Å². The molecule has 4 rings (SSSR count). The van der Waals surface area contributed by atoms with Crippen molar-refractivity contribution in [2.75, 3.05) is 16.8 Å². The highest BCUT2D eigenvalue weighted by Gasteiger charge is 2.28. The average Bonchev–Trinajstić information content (AvgIpc) is 3.30. The molecule has 0 saturated heterocycles. The molecule has 2 amide bonds. The molecule has 1 aromatic carbocycles. The van der Waals surface area contributed by atoms with Crippen molar-refractivity contribution in [2.24, 2.45) is 7.05 Å². The predicted molar refractivity (Wildman–Crippen MR) is 108 cm³/mol. The van der Waals surface area contributed by atoms with E-state index < -0.39 is 0 Å². The number of nitrogens with zero attached hydrogens (tertiary/aromatic N) is 4. The third-order valence-corrected chi connectivity index (χ3v) is 5.05. The van der Waals surface area contributed by atoms with E-state index >= 15 is 0 Å². The smallest absolute Gasteiger partial charge is 0.244 e. The summed E-state index contributed by atoms with van der Waals surface area (Å²) < 4.78 is 3.78. The summed E-state index contributed by atoms with van der Waals surface area (Å²) >= 11 is 0. The monoisotopic (exact) mass is 377 g/mol. The van der Waals surface area contributed by atoms with Crippen molar-refractivity contribution >= 4 is 23.3 Å². The van der Waals surface area contributed by atoms with Gasteiger partial charge in [0.1, 0.15) is 18.1 Å². The maximum atomic E-state index is 12.7. The van der Waals surface area contributed by atoms with Gasteiger partial charge in [0.05, 0.1) is 12.2 Å². The molecule has 7 heteroatoms. The van der Waals surface area contributed by atoms with Gasteiger partial charge in [-0.05, 0) is 30.2 Å². The van der Waals surface area contributed by atoms with E-state index in [9.17, 15) is 9.59 Å². The number of rotatable bonds is 5. The van der Waals surface area contributed by atoms with E-state index in [0.29, 0.717) is 18.8 Å². The number of anilines is 2. The first kappa shape index (κ1) is 18.0. The molecule has 7 nitrogen and oxygen atoms in total. The fourth-order valence-electron chi connectivity index (χ4n) is 3.56. The maximum absolute atomic E-state index is 12.7. The number of carbonyl (C=O) groups is 2. The van der Waals surface area contributed by atoms with E-state index in [1.54, 1.807) is 4.68 Å². The van der Waals surface area contributed by atoms with Gasteiger partial charge in [0.15, 0.2) is 0 Å². The number of hydrogen-bond donors (Lipinski definition) is 1. The Morgan fingerprint density at radius 1 is 1.21 bits per heavy atom. The van der Waals surface area contributed by atoms with E-state index in [-0.39, 0.29) is 18.4 Å². The van der Waals surface area contributed by atoms with Crippen molar-refractivity contribution < 1.29 is 9.59 Å². The summed E-state index contributed by atoms with van der Waals surface area (Å²) in [6.07, 6.45) is 3.11. The average molecular weight is 377 g/mol. The lowest BCUT2D eigenvalue weighted by molar-refractivity contribution is -0.122. The number of para-hydroxylation sites is 1. The minimum Gasteiger partial charge on any atom is -0.349 e. The van der Waals surface area contributed by atoms with Crippen LogP contribution in [0.25, 0.3) is 11.4 Å². The van der Waals surface area contributed by atoms with Gasteiger partial charge in [-0.25, -0.2) is 4.68 Å². The van der Waals surface area contributed by atoms with Crippen molar-refractivity contribution in [3.8, 4) is 11.4 Å². The van der Waals surface area contributed by atoms with Crippen LogP contribution < -0.4 is 10.2 Å². The summed E-state index contributed by atoms with van der Waals surface area (Å²) in [6.45, 7) is 2.54. The van der Waals surface area contributed by atoms with Crippen molar-refractivity contribution in [3.63, 3.8) is 0 Å². The van der Waals surface area contributed by atoms with Crippen LogP contribution in [0.5, 0.6) is 0 Å². The molecule has 0 radical (unpaired) electrons. The number of aryl methyl sites for hydroxylation is 3. The molecule has 2 aromatic heterocycles. The standard InChI is InChI=1S/C21H23N5O2/c1-3-15-7-4-5-8-16(15)22-19(27)14-25-20-13-17(18-9-6-11-24(18)2)23-26(20)12-10-21(25)28/h4-9,11,13H,3,10,12,14H2,1-2H3,(H,22,27). The Hall–Kier alpha value is -3.35. The molecule has 1 aliphatic heterocycles. The van der Waals surface area contributed by atoms with Gasteiger partial charge in [0, 0.05) is 31.4 Å². The minimum absolute atomic E-state index is 0.0326. The van der Waals surface area contributed by atoms with Gasteiger partial charge in [0.25, 0.3) is 0 Å². The normalized spacial score (nSPS) is 13.5. The largest absolute Gasteiger partial charge is 0.349 e. The highest BCUT2D eigenvalue weighted by Crippen LogP contribution is 2.28. The first-order valence-corrected chi connectivity index (χ1v) is 9.44. The van der Waals surface area contributed by atoms with Crippen LogP contribution in [-0.4, -0.2) is 32.7 Å². The number of nitrogens with one attached hydrogen (secondary N) is 1. The Kier molecular flexibility index (Phi) is 4.73. The van der Waals surface area contributed by atoms with Crippen LogP contribution in [0.15, 0.2) is 48.7 Å². The molecule has 0 unspecified atom stereocenters. The third kappa shape index (κ3) is 3.31. The molecule has 0 aliphatic carbocycles. The van der Waals surface area contributed by atoms with Crippen molar-refractivity contribution in [1.82, 2.24) is 14.3 Å². The van der Waals surface area contributed by atoms with Crippen LogP contribution in [-0.2, 0) is 29.6 Å². The summed E-state index contributed by atoms with van der Waals surface area (Å²) in [7, 11) is 1.95. The lowest BCUT2D eigenvalue weighted by atomic mass is 10.1. The highest BCUT2D eigenvalue weighted by molar-refractivity contribution is 6.03. The van der Waals surface area contributed by atoms with Gasteiger partial charge in [-0.15, -0.1) is 0 Å². The Morgan fingerprint density at radius 2 is 2.04 bits per heavy atom. The summed E-state index contributed by atoms with van der Waals surface area (Å²) in [5.74, 6) is 0.375. The topological polar surface area (TPSA) is 72.2 Å². The van der Waals surface area contributed by atoms with Crippen LogP contribution in [0.2, 0.25) is 0 Å². The van der Waals surface area contributed by atoms with Gasteiger partial charge in [0.2, 0.25) is 11.8 Å². The second-order valence-electron chi connectivity index (χ2n) is 6.90. The Morgan fingerprint density at radius 3 is 2.79 bits per heavy atom. The van der Waals surface area contributed by atoms with Crippen LogP contribution in [0.1, 0.15) is 18.9 Å². The fourth-order valence-corrected chi connectivity index (χ4v) is 3.56. The molecule has 0 saturated carbocycles. The van der Waals surface area contributed by atoms with E-state index in [1.165, 1.54) is 4.90 Å². The Bertz CT molecular complexity index is 1030. The van der Waals surface area contributed by atoms with Gasteiger partial charge in [-0.2, -0.15) is 5.10 Å². The van der Waals surface area contributed by atoms with E-state index in [0.717, 1.165) is 29.1 Å². The Balaban J connectivity index is 1.57. The maximum Gasteiger partial charge on any atom is 0.244 e. The SMILES string of the molecule is CCc1ccccc1NC(=O)CN1C(=O)CCn2nc(-c3cccn3C)cc21. The highest BCUT2D eigenvalue weighted by atomic mass is 16.2. The molecular weight excluding hydrogens is 354 g/mol. The van der Waals surface area contributed by atoms with Crippen LogP contribution >= 0.6 is 0 Å². The molecule has 1 N–H and O–H groups in total. The molecule has 0 fully saturated rings. The van der Waals surface area contributed by atoms with Gasteiger partial charge in [-0.3, -0.25) is 14.5 Å². The van der Waals surface area contributed by atoms with Crippen LogP contribution in [0.4, 0.5) is 11.5 Å². The molecule has 0 atom stereocenters. The summed E-state index contributed by atoms with van der Waals surface area (Å²) in [4.78, 5) is 26.7. The molecular formula is C21H23N5O2. The molecule has 1 aliphatic rings. The van der Waals surface area contributed by atoms with E-state index in [1.807, 2.05) is 67.2 Å². The first-order valence-electron chi connectivity index (χ1n) is 9.44. The number of hydrogen-bond acceptors (Lipinski definition) is 3. The van der Waals surface area contributed by atoms with E-state index in [2.05, 4.69) is 10.4 Å². The molecule has 3 aromatic rings. The molecule has 3 heterocycles. The lowest BCUT2D eigenvalue weighted by Gasteiger charge is -2.27. The summed E-state index contributed by atoms with van der Waals surface area (Å²) in [5.41, 5.74) is 3.61. The molecule has 28 heavy (non-hydrogen) atoms. The molecule has 0 spiro atoms. The zero-order chi connectivity index (χ0) is 19.7. The fraction of sp³-hybridized carbons (Fsp3) is 0.286. The summed E-state index contributed by atoms with van der Waals surface area (Å²) in [6, 6.07) is 13.5. The second kappa shape index (κ2) is 7.34. The Labute approximate surface area is 163 Å². The zero-order valence-electron chi connectivity index (χ0n) is 16.1. The van der Waals surface area contributed by atoms with Gasteiger partial charge in [-0.1, -0.05) is 25.1 Å². The van der Waals surface area contributed by atoms with Crippen LogP contribution in [0, 0.1) is 0 Å². The lowest BCUT2D eigenvalue weighted by Crippen LogP contribution is -2.42. The van der Waals surface area contributed by atoms with Gasteiger partial charge >= 0.3 is 0 Å². The van der Waals surface area contributed by atoms with Crippen molar-refractivity contribution in [2.45, 2.75) is 26.3 Å². The summed E-state index contributed by atoms with van der Waals surface area (Å²) in [5, 5.41) is 7.56. The van der Waals surface area contributed by atoms with E-state index in [4.69, 9.17) is 0 Å². The number of fused-ring (bicyclic) bond motifs is 1. The quantitative estimate of drug-likeness (QED) is 0.743. The molecule has 0 bridgehead atoms. The second-order valence-corrected chi connectivity index (χ2v) is 6.90. The zero-order valence-corrected chi connectivity index (χ0v) is 16.1. The third-order valence-electron chi connectivity index (χ3n) is 5.05.